The number of hydrogen-bond donors (Lipinski definition) is 1. The van der Waals surface area contributed by atoms with Gasteiger partial charge in [0.2, 0.25) is 5.82 Å². The van der Waals surface area contributed by atoms with E-state index in [2.05, 4.69) is 26.8 Å². The van der Waals surface area contributed by atoms with Gasteiger partial charge in [0.1, 0.15) is 5.75 Å². The highest BCUT2D eigenvalue weighted by molar-refractivity contribution is 5.86. The molecule has 8 heteroatoms. The first-order valence-electron chi connectivity index (χ1n) is 10.8. The SMILES string of the molecule is CC(C)Oc1cc(C#N)cc(-c2nc(-c3ccc4cc5n(c4c3)C(CC(=O)O)CC5)no2)c1. The Morgan fingerprint density at radius 1 is 1.27 bits per heavy atom. The minimum absolute atomic E-state index is 0.0366. The molecule has 0 fully saturated rings. The van der Waals surface area contributed by atoms with Gasteiger partial charge in [-0.15, -0.1) is 0 Å². The van der Waals surface area contributed by atoms with Crippen LogP contribution >= 0.6 is 0 Å². The topological polar surface area (TPSA) is 114 Å². The summed E-state index contributed by atoms with van der Waals surface area (Å²) in [5.41, 5.74) is 3.94. The predicted octanol–water partition coefficient (Wildman–Crippen LogP) is 4.98. The quantitative estimate of drug-likeness (QED) is 0.448. The highest BCUT2D eigenvalue weighted by Crippen LogP contribution is 2.37. The van der Waals surface area contributed by atoms with Crippen molar-refractivity contribution in [3.63, 3.8) is 0 Å². The molecule has 0 amide bonds. The van der Waals surface area contributed by atoms with E-state index in [0.29, 0.717) is 28.6 Å². The lowest BCUT2D eigenvalue weighted by molar-refractivity contribution is -0.137. The minimum atomic E-state index is -0.797. The van der Waals surface area contributed by atoms with Crippen LogP contribution in [0.25, 0.3) is 33.7 Å². The summed E-state index contributed by atoms with van der Waals surface area (Å²) in [5.74, 6) is 0.478. The lowest BCUT2D eigenvalue weighted by atomic mass is 10.1. The van der Waals surface area contributed by atoms with Gasteiger partial charge in [0.05, 0.1) is 24.2 Å². The van der Waals surface area contributed by atoms with Crippen LogP contribution in [0.5, 0.6) is 5.75 Å². The van der Waals surface area contributed by atoms with Crippen LogP contribution in [0.3, 0.4) is 0 Å². The largest absolute Gasteiger partial charge is 0.491 e. The Bertz CT molecular complexity index is 1410. The molecule has 8 nitrogen and oxygen atoms in total. The van der Waals surface area contributed by atoms with Gasteiger partial charge >= 0.3 is 5.97 Å². The van der Waals surface area contributed by atoms with Crippen LogP contribution in [0, 0.1) is 11.3 Å². The predicted molar refractivity (Wildman–Crippen MR) is 121 cm³/mol. The Morgan fingerprint density at radius 2 is 2.12 bits per heavy atom. The Hall–Kier alpha value is -4.12. The van der Waals surface area contributed by atoms with Gasteiger partial charge in [-0.2, -0.15) is 10.2 Å². The maximum atomic E-state index is 11.3. The van der Waals surface area contributed by atoms with E-state index < -0.39 is 5.97 Å². The van der Waals surface area contributed by atoms with E-state index in [1.807, 2.05) is 32.0 Å². The molecule has 0 bridgehead atoms. The molecule has 1 unspecified atom stereocenters. The molecule has 0 radical (unpaired) electrons. The zero-order valence-electron chi connectivity index (χ0n) is 18.3. The summed E-state index contributed by atoms with van der Waals surface area (Å²) in [5, 5.41) is 23.9. The number of carboxylic acid groups (broad SMARTS) is 1. The molecule has 1 N–H and O–H groups in total. The number of benzene rings is 2. The number of rotatable bonds is 6. The number of aromatic nitrogens is 3. The van der Waals surface area contributed by atoms with Crippen LogP contribution in [0.1, 0.15) is 44.0 Å². The second kappa shape index (κ2) is 8.10. The molecular formula is C25H22N4O4. The molecule has 2 aromatic carbocycles. The zero-order valence-corrected chi connectivity index (χ0v) is 18.3. The number of aliphatic carboxylic acids is 1. The summed E-state index contributed by atoms with van der Waals surface area (Å²) in [6.07, 6.45) is 1.75. The van der Waals surface area contributed by atoms with E-state index in [1.54, 1.807) is 18.2 Å². The van der Waals surface area contributed by atoms with Crippen molar-refractivity contribution in [2.45, 2.75) is 45.3 Å². The fourth-order valence-electron chi connectivity index (χ4n) is 4.46. The molecule has 0 saturated carbocycles. The summed E-state index contributed by atoms with van der Waals surface area (Å²) >= 11 is 0. The highest BCUT2D eigenvalue weighted by Gasteiger charge is 2.26. The van der Waals surface area contributed by atoms with E-state index >= 15 is 0 Å². The maximum absolute atomic E-state index is 11.3. The van der Waals surface area contributed by atoms with Gasteiger partial charge in [-0.25, -0.2) is 0 Å². The monoisotopic (exact) mass is 442 g/mol. The van der Waals surface area contributed by atoms with Gasteiger partial charge in [-0.3, -0.25) is 4.79 Å². The normalized spacial score (nSPS) is 15.0. The van der Waals surface area contributed by atoms with Crippen molar-refractivity contribution in [2.75, 3.05) is 0 Å². The summed E-state index contributed by atoms with van der Waals surface area (Å²) in [6, 6.07) is 15.2. The lowest BCUT2D eigenvalue weighted by Crippen LogP contribution is -2.09. The Kier molecular flexibility index (Phi) is 5.09. The average molecular weight is 442 g/mol. The second-order valence-electron chi connectivity index (χ2n) is 8.52. The van der Waals surface area contributed by atoms with E-state index in [9.17, 15) is 15.2 Å². The Balaban J connectivity index is 1.51. The maximum Gasteiger partial charge on any atom is 0.305 e. The van der Waals surface area contributed by atoms with Crippen LogP contribution in [0.4, 0.5) is 0 Å². The summed E-state index contributed by atoms with van der Waals surface area (Å²) in [6.45, 7) is 3.83. The molecule has 0 aliphatic carbocycles. The Morgan fingerprint density at radius 3 is 2.88 bits per heavy atom. The molecule has 166 valence electrons. The molecule has 2 aromatic heterocycles. The van der Waals surface area contributed by atoms with Gasteiger partial charge in [0.25, 0.3) is 5.89 Å². The number of nitrogens with zero attached hydrogens (tertiary/aromatic N) is 4. The van der Waals surface area contributed by atoms with Crippen molar-refractivity contribution in [3.05, 3.63) is 53.7 Å². The number of nitriles is 1. The van der Waals surface area contributed by atoms with Crippen molar-refractivity contribution in [1.29, 1.82) is 5.26 Å². The van der Waals surface area contributed by atoms with Crippen LogP contribution in [0.2, 0.25) is 0 Å². The van der Waals surface area contributed by atoms with E-state index in [0.717, 1.165) is 35.0 Å². The summed E-state index contributed by atoms with van der Waals surface area (Å²) in [7, 11) is 0. The fraction of sp³-hybridized carbons (Fsp3) is 0.280. The minimum Gasteiger partial charge on any atom is -0.491 e. The lowest BCUT2D eigenvalue weighted by Gasteiger charge is -2.13. The van der Waals surface area contributed by atoms with E-state index in [4.69, 9.17) is 9.26 Å². The second-order valence-corrected chi connectivity index (χ2v) is 8.52. The third-order valence-corrected chi connectivity index (χ3v) is 5.77. The molecule has 5 rings (SSSR count). The first kappa shape index (κ1) is 20.8. The third kappa shape index (κ3) is 3.94. The molecule has 0 spiro atoms. The smallest absolute Gasteiger partial charge is 0.305 e. The van der Waals surface area contributed by atoms with Gasteiger partial charge in [0, 0.05) is 28.4 Å². The number of ether oxygens (including phenoxy) is 1. The van der Waals surface area contributed by atoms with Crippen molar-refractivity contribution in [3.8, 4) is 34.7 Å². The van der Waals surface area contributed by atoms with Gasteiger partial charge < -0.3 is 18.9 Å². The van der Waals surface area contributed by atoms with Crippen LogP contribution in [-0.2, 0) is 11.2 Å². The molecule has 1 atom stereocenters. The van der Waals surface area contributed by atoms with Crippen LogP contribution in [0.15, 0.2) is 47.0 Å². The summed E-state index contributed by atoms with van der Waals surface area (Å²) < 4.78 is 13.4. The number of aryl methyl sites for hydroxylation is 1. The number of fused-ring (bicyclic) bond motifs is 3. The van der Waals surface area contributed by atoms with Crippen molar-refractivity contribution >= 4 is 16.9 Å². The first-order chi connectivity index (χ1) is 15.9. The van der Waals surface area contributed by atoms with E-state index in [1.165, 1.54) is 0 Å². The zero-order chi connectivity index (χ0) is 23.1. The molecule has 1 aliphatic rings. The van der Waals surface area contributed by atoms with Crippen molar-refractivity contribution < 1.29 is 19.2 Å². The fourth-order valence-corrected chi connectivity index (χ4v) is 4.46. The van der Waals surface area contributed by atoms with E-state index in [-0.39, 0.29) is 18.6 Å². The number of hydrogen-bond acceptors (Lipinski definition) is 6. The number of carboxylic acids is 1. The molecule has 4 aromatic rings. The van der Waals surface area contributed by atoms with Crippen molar-refractivity contribution in [1.82, 2.24) is 14.7 Å². The highest BCUT2D eigenvalue weighted by atomic mass is 16.5. The van der Waals surface area contributed by atoms with Crippen LogP contribution in [-0.4, -0.2) is 31.9 Å². The van der Waals surface area contributed by atoms with Gasteiger partial charge in [-0.1, -0.05) is 17.3 Å². The molecular weight excluding hydrogens is 420 g/mol. The van der Waals surface area contributed by atoms with Gasteiger partial charge in [-0.05, 0) is 62.4 Å². The summed E-state index contributed by atoms with van der Waals surface area (Å²) in [4.78, 5) is 15.9. The first-order valence-corrected chi connectivity index (χ1v) is 10.8. The van der Waals surface area contributed by atoms with Gasteiger partial charge in [0.15, 0.2) is 0 Å². The standard InChI is InChI=1S/C25H22N4O4/c1-14(2)32-21-8-15(13-26)7-18(10-21)25-27-24(28-33-25)17-4-3-16-9-19-5-6-20(12-23(30)31)29(19)22(16)11-17/h3-4,7-11,14,20H,5-6,12H2,1-2H3,(H,30,31). The number of carbonyl (C=O) groups is 1. The molecule has 0 saturated heterocycles. The third-order valence-electron chi connectivity index (χ3n) is 5.77. The molecule has 1 aliphatic heterocycles. The van der Waals surface area contributed by atoms with Crippen molar-refractivity contribution in [2.24, 2.45) is 0 Å². The molecule has 33 heavy (non-hydrogen) atoms. The Labute approximate surface area is 190 Å². The average Bonchev–Trinajstić information content (AvgIpc) is 3.48. The van der Waals surface area contributed by atoms with Crippen LogP contribution < -0.4 is 4.74 Å². The molecule has 3 heterocycles.